The van der Waals surface area contributed by atoms with Crippen LogP contribution in [0.4, 0.5) is 18.9 Å². The maximum Gasteiger partial charge on any atom is 0.490 e. The first-order valence-corrected chi connectivity index (χ1v) is 13.8. The zero-order chi connectivity index (χ0) is 32.4. The van der Waals surface area contributed by atoms with Gasteiger partial charge in [-0.2, -0.15) is 13.2 Å². The number of nitrogen functional groups attached to an aromatic ring is 2. The number of nitrogens with one attached hydrogen (secondary N) is 1. The van der Waals surface area contributed by atoms with Gasteiger partial charge in [-0.15, -0.1) is 0 Å². The maximum atomic E-state index is 13.5. The summed E-state index contributed by atoms with van der Waals surface area (Å²) in [4.78, 5) is 20.6. The second kappa shape index (κ2) is 11.9. The van der Waals surface area contributed by atoms with E-state index in [2.05, 4.69) is 0 Å². The quantitative estimate of drug-likeness (QED) is 0.0878. The van der Waals surface area contributed by atoms with Gasteiger partial charge in [-0.1, -0.05) is 48.5 Å². The van der Waals surface area contributed by atoms with E-state index in [0.717, 1.165) is 21.5 Å². The van der Waals surface area contributed by atoms with Gasteiger partial charge in [-0.25, -0.2) is 18.0 Å². The molecule has 0 aromatic heterocycles. The summed E-state index contributed by atoms with van der Waals surface area (Å²) in [6, 6.07) is 24.6. The molecule has 0 amide bonds. The summed E-state index contributed by atoms with van der Waals surface area (Å²) in [6.45, 7) is 0. The van der Waals surface area contributed by atoms with E-state index in [9.17, 15) is 31.5 Å². The highest BCUT2D eigenvalue weighted by molar-refractivity contribution is 7.91. The Morgan fingerprint density at radius 1 is 0.795 bits per heavy atom. The molecule has 44 heavy (non-hydrogen) atoms. The van der Waals surface area contributed by atoms with E-state index in [0.29, 0.717) is 5.56 Å². The van der Waals surface area contributed by atoms with Gasteiger partial charge in [0.05, 0.1) is 15.5 Å². The number of amidine groups is 1. The van der Waals surface area contributed by atoms with E-state index < -0.39 is 28.0 Å². The van der Waals surface area contributed by atoms with Gasteiger partial charge in [-0.3, -0.25) is 5.41 Å². The lowest BCUT2D eigenvalue weighted by atomic mass is 10.1. The van der Waals surface area contributed by atoms with Gasteiger partial charge in [0.15, 0.2) is 5.75 Å². The lowest BCUT2D eigenvalue weighted by Gasteiger charge is -2.16. The molecular formula is C30H22F3N3O7S. The first-order valence-electron chi connectivity index (χ1n) is 12.4. The number of carboxylic acids is 2. The van der Waals surface area contributed by atoms with E-state index in [1.807, 2.05) is 18.2 Å². The van der Waals surface area contributed by atoms with Gasteiger partial charge in [-0.05, 0) is 64.0 Å². The van der Waals surface area contributed by atoms with Crippen molar-refractivity contribution in [2.24, 2.45) is 5.73 Å². The van der Waals surface area contributed by atoms with Crippen LogP contribution in [0, 0.1) is 5.41 Å². The molecule has 0 fully saturated rings. The third kappa shape index (κ3) is 6.55. The molecule has 0 saturated carbocycles. The summed E-state index contributed by atoms with van der Waals surface area (Å²) >= 11 is 0. The van der Waals surface area contributed by atoms with Gasteiger partial charge in [0.1, 0.15) is 17.1 Å². The van der Waals surface area contributed by atoms with Crippen molar-refractivity contribution in [2.75, 3.05) is 5.73 Å². The highest BCUT2D eigenvalue weighted by Crippen LogP contribution is 2.39. The average molecular weight is 626 g/mol. The number of halogens is 3. The van der Waals surface area contributed by atoms with Crippen LogP contribution in [0.25, 0.3) is 21.5 Å². The molecule has 0 bridgehead atoms. The van der Waals surface area contributed by atoms with Crippen LogP contribution in [0.3, 0.4) is 0 Å². The Labute approximate surface area is 247 Å². The van der Waals surface area contributed by atoms with Gasteiger partial charge in [0.25, 0.3) is 0 Å². The van der Waals surface area contributed by atoms with Crippen molar-refractivity contribution < 1.29 is 46.1 Å². The molecule has 10 nitrogen and oxygen atoms in total. The van der Waals surface area contributed by atoms with Crippen molar-refractivity contribution in [1.29, 1.82) is 5.41 Å². The van der Waals surface area contributed by atoms with Crippen LogP contribution >= 0.6 is 0 Å². The number of sulfone groups is 1. The topological polar surface area (TPSA) is 194 Å². The number of alkyl halides is 3. The van der Waals surface area contributed by atoms with E-state index in [1.165, 1.54) is 18.2 Å². The molecule has 0 aliphatic rings. The second-order valence-corrected chi connectivity index (χ2v) is 11.1. The van der Waals surface area contributed by atoms with Crippen LogP contribution in [0.2, 0.25) is 0 Å². The number of hydrogen-bond acceptors (Lipinski definition) is 7. The molecule has 0 spiro atoms. The Balaban J connectivity index is 0.000000566. The number of ether oxygens (including phenoxy) is 1. The fourth-order valence-corrected chi connectivity index (χ4v) is 5.54. The number of hydrogen-bond donors (Lipinski definition) is 5. The summed E-state index contributed by atoms with van der Waals surface area (Å²) in [6.07, 6.45) is -5.08. The third-order valence-electron chi connectivity index (χ3n) is 6.29. The van der Waals surface area contributed by atoms with E-state index in [1.54, 1.807) is 54.6 Å². The normalized spacial score (nSPS) is 11.4. The Kier molecular flexibility index (Phi) is 8.49. The molecule has 5 aromatic rings. The first-order chi connectivity index (χ1) is 20.6. The standard InChI is InChI=1S/C28H21N3O5S.C2HF3O2/c29-25-24(37(34,35)22-10-8-16-3-1-2-4-17(16)15-22)12-11-23(28(32)33)26(25)36-21-9-7-18-13-20(27(30)31)6-5-19(18)14-21;3-2(4,5)1(6)7/h1-15H,29H2,(H3,30,31)(H,32,33);(H,6,7). The molecular weight excluding hydrogens is 603 g/mol. The van der Waals surface area contributed by atoms with Crippen molar-refractivity contribution in [3.05, 3.63) is 102 Å². The third-order valence-corrected chi connectivity index (χ3v) is 8.10. The van der Waals surface area contributed by atoms with E-state index in [4.69, 9.17) is 31.5 Å². The zero-order valence-electron chi connectivity index (χ0n) is 22.3. The van der Waals surface area contributed by atoms with Crippen molar-refractivity contribution in [1.82, 2.24) is 0 Å². The number of rotatable bonds is 6. The molecule has 0 radical (unpaired) electrons. The SMILES string of the molecule is N=C(N)c1ccc2cc(Oc3c(C(=O)O)ccc(S(=O)(=O)c4ccc5ccccc5c4)c3N)ccc2c1.O=C(O)C(F)(F)F. The maximum absolute atomic E-state index is 13.5. The monoisotopic (exact) mass is 625 g/mol. The second-order valence-electron chi connectivity index (χ2n) is 9.21. The molecule has 0 aliphatic carbocycles. The highest BCUT2D eigenvalue weighted by Gasteiger charge is 2.38. The number of anilines is 1. The van der Waals surface area contributed by atoms with Crippen LogP contribution in [0.5, 0.6) is 11.5 Å². The highest BCUT2D eigenvalue weighted by atomic mass is 32.2. The Morgan fingerprint density at radius 3 is 1.98 bits per heavy atom. The predicted octanol–water partition coefficient (Wildman–Crippen LogP) is 5.82. The number of benzene rings is 5. The number of fused-ring (bicyclic) bond motifs is 2. The molecule has 5 aromatic carbocycles. The lowest BCUT2D eigenvalue weighted by Crippen LogP contribution is -2.21. The smallest absolute Gasteiger partial charge is 0.478 e. The molecule has 0 saturated heterocycles. The fourth-order valence-electron chi connectivity index (χ4n) is 4.13. The average Bonchev–Trinajstić information content (AvgIpc) is 2.97. The Bertz CT molecular complexity index is 2060. The summed E-state index contributed by atoms with van der Waals surface area (Å²) in [5.41, 5.74) is 11.8. The molecule has 5 rings (SSSR count). The summed E-state index contributed by atoms with van der Waals surface area (Å²) in [5.74, 6) is -4.15. The molecule has 226 valence electrons. The summed E-state index contributed by atoms with van der Waals surface area (Å²) < 4.78 is 64.7. The van der Waals surface area contributed by atoms with Gasteiger partial charge in [0.2, 0.25) is 9.84 Å². The van der Waals surface area contributed by atoms with E-state index >= 15 is 0 Å². The number of carbonyl (C=O) groups is 2. The van der Waals surface area contributed by atoms with Gasteiger partial charge >= 0.3 is 18.1 Å². The lowest BCUT2D eigenvalue weighted by molar-refractivity contribution is -0.192. The van der Waals surface area contributed by atoms with Crippen molar-refractivity contribution in [3.63, 3.8) is 0 Å². The van der Waals surface area contributed by atoms with Gasteiger partial charge in [0, 0.05) is 5.56 Å². The predicted molar refractivity (Wildman–Crippen MR) is 156 cm³/mol. The number of nitrogens with two attached hydrogens (primary N) is 2. The molecule has 0 unspecified atom stereocenters. The number of aliphatic carboxylic acids is 1. The molecule has 7 N–H and O–H groups in total. The van der Waals surface area contributed by atoms with Crippen LogP contribution < -0.4 is 16.2 Å². The Morgan fingerprint density at radius 2 is 1.36 bits per heavy atom. The minimum absolute atomic E-state index is 0.0268. The number of carboxylic acid groups (broad SMARTS) is 2. The molecule has 0 aliphatic heterocycles. The fraction of sp³-hybridized carbons (Fsp3) is 0.0333. The first kappa shape index (κ1) is 31.3. The van der Waals surface area contributed by atoms with Crippen molar-refractivity contribution >= 4 is 54.8 Å². The van der Waals surface area contributed by atoms with Crippen LogP contribution in [0.15, 0.2) is 101 Å². The zero-order valence-corrected chi connectivity index (χ0v) is 23.1. The number of aromatic carboxylic acids is 1. The largest absolute Gasteiger partial charge is 0.490 e. The van der Waals surface area contributed by atoms with Crippen molar-refractivity contribution in [2.45, 2.75) is 16.0 Å². The molecule has 0 atom stereocenters. The van der Waals surface area contributed by atoms with E-state index in [-0.39, 0.29) is 38.4 Å². The van der Waals surface area contributed by atoms with Gasteiger partial charge < -0.3 is 26.4 Å². The van der Waals surface area contributed by atoms with Crippen LogP contribution in [-0.4, -0.2) is 42.6 Å². The molecule has 14 heteroatoms. The minimum atomic E-state index is -5.08. The summed E-state index contributed by atoms with van der Waals surface area (Å²) in [5, 5.41) is 27.6. The van der Waals surface area contributed by atoms with Crippen LogP contribution in [-0.2, 0) is 14.6 Å². The minimum Gasteiger partial charge on any atom is -0.478 e. The van der Waals surface area contributed by atoms with Crippen molar-refractivity contribution in [3.8, 4) is 11.5 Å². The van der Waals surface area contributed by atoms with Crippen LogP contribution in [0.1, 0.15) is 15.9 Å². The summed E-state index contributed by atoms with van der Waals surface area (Å²) in [7, 11) is -4.10. The molecule has 0 heterocycles. The Hall–Kier alpha value is -5.63.